The van der Waals surface area contributed by atoms with Crippen molar-refractivity contribution in [2.24, 2.45) is 0 Å². The van der Waals surface area contributed by atoms with Gasteiger partial charge < -0.3 is 9.30 Å². The summed E-state index contributed by atoms with van der Waals surface area (Å²) in [6, 6.07) is 14.4. The van der Waals surface area contributed by atoms with Gasteiger partial charge in [0.25, 0.3) is 0 Å². The molecular weight excluding hydrogens is 341 g/mol. The highest BCUT2D eigenvalue weighted by Crippen LogP contribution is 2.31. The third kappa shape index (κ3) is 4.00. The van der Waals surface area contributed by atoms with Crippen molar-refractivity contribution >= 4 is 11.0 Å². The quantitative estimate of drug-likeness (QED) is 0.530. The maximum atomic E-state index is 13.2. The molecule has 0 radical (unpaired) electrons. The number of aromatic nitrogens is 2. The molecule has 0 saturated carbocycles. The first-order chi connectivity index (χ1) is 12.4. The maximum Gasteiger partial charge on any atom is 0.449 e. The normalized spacial score (nSPS) is 12.1. The Morgan fingerprint density at radius 3 is 2.38 bits per heavy atom. The van der Waals surface area contributed by atoms with Crippen molar-refractivity contribution in [3.63, 3.8) is 0 Å². The number of halogens is 3. The molecule has 0 bridgehead atoms. The van der Waals surface area contributed by atoms with E-state index in [1.165, 1.54) is 10.1 Å². The lowest BCUT2D eigenvalue weighted by atomic mass is 10.0. The molecule has 2 aromatic carbocycles. The number of hydrogen-bond acceptors (Lipinski definition) is 2. The summed E-state index contributed by atoms with van der Waals surface area (Å²) in [6.45, 7) is 4.76. The van der Waals surface area contributed by atoms with Gasteiger partial charge in [-0.2, -0.15) is 13.2 Å². The van der Waals surface area contributed by atoms with E-state index in [1.807, 2.05) is 24.3 Å². The second kappa shape index (κ2) is 7.40. The van der Waals surface area contributed by atoms with Crippen LogP contribution in [-0.4, -0.2) is 16.2 Å². The molecule has 6 heteroatoms. The van der Waals surface area contributed by atoms with Gasteiger partial charge in [0.1, 0.15) is 5.75 Å². The predicted octanol–water partition coefficient (Wildman–Crippen LogP) is 5.65. The first-order valence-electron chi connectivity index (χ1n) is 8.61. The van der Waals surface area contributed by atoms with Crippen molar-refractivity contribution in [3.05, 3.63) is 59.9 Å². The minimum atomic E-state index is -4.48. The number of rotatable bonds is 6. The number of para-hydroxylation sites is 2. The second-order valence-corrected chi connectivity index (χ2v) is 6.50. The summed E-state index contributed by atoms with van der Waals surface area (Å²) in [5, 5.41) is 0. The number of alkyl halides is 3. The van der Waals surface area contributed by atoms with Crippen LogP contribution < -0.4 is 4.74 Å². The Morgan fingerprint density at radius 1 is 1.04 bits per heavy atom. The van der Waals surface area contributed by atoms with Crippen LogP contribution in [0.2, 0.25) is 0 Å². The third-order valence-electron chi connectivity index (χ3n) is 4.25. The molecule has 0 aliphatic carbocycles. The molecule has 3 rings (SSSR count). The molecule has 3 aromatic rings. The Labute approximate surface area is 150 Å². The average molecular weight is 362 g/mol. The molecule has 0 spiro atoms. The molecule has 26 heavy (non-hydrogen) atoms. The molecule has 0 unspecified atom stereocenters. The standard InChI is InChI=1S/C20H21F3N2O/c1-14(2)15-8-10-16(11-9-15)26-13-5-12-25-18-7-4-3-6-17(18)24-19(25)20(21,22)23/h3-4,6-11,14H,5,12-13H2,1-2H3. The first kappa shape index (κ1) is 18.3. The topological polar surface area (TPSA) is 27.1 Å². The van der Waals surface area contributed by atoms with E-state index in [0.717, 1.165) is 5.75 Å². The fraction of sp³-hybridized carbons (Fsp3) is 0.350. The number of ether oxygens (including phenoxy) is 1. The van der Waals surface area contributed by atoms with E-state index in [-0.39, 0.29) is 6.54 Å². The number of imidazole rings is 1. The highest BCUT2D eigenvalue weighted by atomic mass is 19.4. The number of aryl methyl sites for hydroxylation is 1. The summed E-state index contributed by atoms with van der Waals surface area (Å²) in [5.74, 6) is 0.306. The Bertz CT molecular complexity index is 867. The van der Waals surface area contributed by atoms with Crippen molar-refractivity contribution in [1.29, 1.82) is 0 Å². The fourth-order valence-corrected chi connectivity index (χ4v) is 2.88. The minimum absolute atomic E-state index is 0.194. The van der Waals surface area contributed by atoms with E-state index in [1.54, 1.807) is 24.3 Å². The summed E-state index contributed by atoms with van der Waals surface area (Å²) < 4.78 is 46.6. The van der Waals surface area contributed by atoms with Gasteiger partial charge in [0.05, 0.1) is 17.6 Å². The molecule has 0 N–H and O–H groups in total. The lowest BCUT2D eigenvalue weighted by Gasteiger charge is -2.12. The molecule has 3 nitrogen and oxygen atoms in total. The Morgan fingerprint density at radius 2 is 1.73 bits per heavy atom. The SMILES string of the molecule is CC(C)c1ccc(OCCCn2c(C(F)(F)F)nc3ccccc32)cc1. The fourth-order valence-electron chi connectivity index (χ4n) is 2.88. The largest absolute Gasteiger partial charge is 0.494 e. The lowest BCUT2D eigenvalue weighted by Crippen LogP contribution is -2.16. The molecule has 0 aliphatic heterocycles. The summed E-state index contributed by atoms with van der Waals surface area (Å²) in [6.07, 6.45) is -4.03. The van der Waals surface area contributed by atoms with Crippen molar-refractivity contribution in [3.8, 4) is 5.75 Å². The van der Waals surface area contributed by atoms with E-state index in [2.05, 4.69) is 18.8 Å². The smallest absolute Gasteiger partial charge is 0.449 e. The Hall–Kier alpha value is -2.50. The molecule has 0 atom stereocenters. The van der Waals surface area contributed by atoms with Crippen molar-refractivity contribution in [2.75, 3.05) is 6.61 Å². The van der Waals surface area contributed by atoms with E-state index in [0.29, 0.717) is 30.0 Å². The van der Waals surface area contributed by atoms with Gasteiger partial charge in [-0.05, 0) is 42.2 Å². The number of nitrogens with zero attached hydrogens (tertiary/aromatic N) is 2. The molecular formula is C20H21F3N2O. The predicted molar refractivity (Wildman–Crippen MR) is 95.4 cm³/mol. The molecule has 1 aromatic heterocycles. The van der Waals surface area contributed by atoms with E-state index in [4.69, 9.17) is 4.74 Å². The Kier molecular flexibility index (Phi) is 5.20. The molecule has 0 saturated heterocycles. The summed E-state index contributed by atoms with van der Waals surface area (Å²) >= 11 is 0. The van der Waals surface area contributed by atoms with Crippen LogP contribution in [0.3, 0.4) is 0 Å². The first-order valence-corrected chi connectivity index (χ1v) is 8.61. The second-order valence-electron chi connectivity index (χ2n) is 6.50. The monoisotopic (exact) mass is 362 g/mol. The van der Waals surface area contributed by atoms with Gasteiger partial charge in [-0.3, -0.25) is 0 Å². The summed E-state index contributed by atoms with van der Waals surface area (Å²) in [5.41, 5.74) is 2.06. The minimum Gasteiger partial charge on any atom is -0.494 e. The molecule has 0 aliphatic rings. The van der Waals surface area contributed by atoms with Crippen molar-refractivity contribution in [2.45, 2.75) is 38.9 Å². The van der Waals surface area contributed by atoms with Gasteiger partial charge in [-0.15, -0.1) is 0 Å². The number of benzene rings is 2. The molecule has 0 amide bonds. The van der Waals surface area contributed by atoms with Gasteiger partial charge in [-0.1, -0.05) is 38.1 Å². The van der Waals surface area contributed by atoms with Gasteiger partial charge in [0.15, 0.2) is 0 Å². The zero-order chi connectivity index (χ0) is 18.7. The van der Waals surface area contributed by atoms with Gasteiger partial charge in [0.2, 0.25) is 5.82 Å². The van der Waals surface area contributed by atoms with Crippen LogP contribution in [0.15, 0.2) is 48.5 Å². The number of fused-ring (bicyclic) bond motifs is 1. The molecule has 1 heterocycles. The van der Waals surface area contributed by atoms with Crippen LogP contribution in [0.4, 0.5) is 13.2 Å². The van der Waals surface area contributed by atoms with Gasteiger partial charge in [-0.25, -0.2) is 4.98 Å². The van der Waals surface area contributed by atoms with Crippen molar-refractivity contribution in [1.82, 2.24) is 9.55 Å². The summed E-state index contributed by atoms with van der Waals surface area (Å²) in [7, 11) is 0. The maximum absolute atomic E-state index is 13.2. The highest BCUT2D eigenvalue weighted by molar-refractivity contribution is 5.76. The molecule has 138 valence electrons. The van der Waals surface area contributed by atoms with Crippen LogP contribution in [0, 0.1) is 0 Å². The summed E-state index contributed by atoms with van der Waals surface area (Å²) in [4.78, 5) is 3.74. The third-order valence-corrected chi connectivity index (χ3v) is 4.25. The Balaban J connectivity index is 1.66. The molecule has 0 fully saturated rings. The van der Waals surface area contributed by atoms with E-state index >= 15 is 0 Å². The van der Waals surface area contributed by atoms with Crippen LogP contribution >= 0.6 is 0 Å². The van der Waals surface area contributed by atoms with Gasteiger partial charge >= 0.3 is 6.18 Å². The highest BCUT2D eigenvalue weighted by Gasteiger charge is 2.37. The van der Waals surface area contributed by atoms with E-state index < -0.39 is 12.0 Å². The lowest BCUT2D eigenvalue weighted by molar-refractivity contribution is -0.147. The zero-order valence-electron chi connectivity index (χ0n) is 14.8. The number of hydrogen-bond donors (Lipinski definition) is 0. The van der Waals surface area contributed by atoms with Crippen LogP contribution in [-0.2, 0) is 12.7 Å². The van der Waals surface area contributed by atoms with E-state index in [9.17, 15) is 13.2 Å². The van der Waals surface area contributed by atoms with Crippen molar-refractivity contribution < 1.29 is 17.9 Å². The average Bonchev–Trinajstić information content (AvgIpc) is 2.98. The van der Waals surface area contributed by atoms with Crippen LogP contribution in [0.25, 0.3) is 11.0 Å². The zero-order valence-corrected chi connectivity index (χ0v) is 14.8. The van der Waals surface area contributed by atoms with Crippen LogP contribution in [0.5, 0.6) is 5.75 Å². The van der Waals surface area contributed by atoms with Crippen LogP contribution in [0.1, 0.15) is 37.6 Å². The van der Waals surface area contributed by atoms with Gasteiger partial charge in [0, 0.05) is 6.54 Å².